The summed E-state index contributed by atoms with van der Waals surface area (Å²) in [5.74, 6) is 0. The highest BCUT2D eigenvalue weighted by Gasteiger charge is 2.06. The van der Waals surface area contributed by atoms with Gasteiger partial charge in [0.1, 0.15) is 0 Å². The van der Waals surface area contributed by atoms with Crippen LogP contribution in [0.4, 0.5) is 11.4 Å². The summed E-state index contributed by atoms with van der Waals surface area (Å²) in [6, 6.07) is 10.0. The number of hydrogen-bond donors (Lipinski definition) is 2. The van der Waals surface area contributed by atoms with Crippen molar-refractivity contribution in [3.63, 3.8) is 0 Å². The van der Waals surface area contributed by atoms with Crippen molar-refractivity contribution in [2.45, 2.75) is 6.54 Å². The van der Waals surface area contributed by atoms with Crippen LogP contribution < -0.4 is 11.1 Å². The molecule has 1 aromatic carbocycles. The molecule has 96 valence electrons. The normalized spacial score (nSPS) is 10.8. The van der Waals surface area contributed by atoms with Crippen LogP contribution in [0.2, 0.25) is 0 Å². The Labute approximate surface area is 123 Å². The molecule has 0 saturated carbocycles. The van der Waals surface area contributed by atoms with Crippen molar-refractivity contribution in [3.05, 3.63) is 51.3 Å². The Morgan fingerprint density at radius 1 is 1.32 bits per heavy atom. The molecule has 0 saturated heterocycles. The Hall–Kier alpha value is -1.59. The Morgan fingerprint density at radius 2 is 2.21 bits per heavy atom. The molecule has 19 heavy (non-hydrogen) atoms. The number of nitrogen functional groups attached to an aromatic ring is 1. The second-order valence-electron chi connectivity index (χ2n) is 4.18. The fraction of sp³-hybridized carbons (Fsp3) is 0.0714. The van der Waals surface area contributed by atoms with Gasteiger partial charge in [-0.25, -0.2) is 0 Å². The Kier molecular flexibility index (Phi) is 3.40. The Bertz CT molecular complexity index is 710. The van der Waals surface area contributed by atoms with Crippen molar-refractivity contribution >= 4 is 49.5 Å². The van der Waals surface area contributed by atoms with Crippen molar-refractivity contribution in [3.8, 4) is 0 Å². The third-order valence-electron chi connectivity index (χ3n) is 2.88. The Morgan fingerprint density at radius 3 is 3.00 bits per heavy atom. The van der Waals surface area contributed by atoms with Gasteiger partial charge in [-0.2, -0.15) is 0 Å². The summed E-state index contributed by atoms with van der Waals surface area (Å²) in [5, 5.41) is 6.45. The van der Waals surface area contributed by atoms with E-state index >= 15 is 0 Å². The molecule has 3 aromatic rings. The number of nitrogens with one attached hydrogen (secondary N) is 1. The first-order chi connectivity index (χ1) is 9.24. The van der Waals surface area contributed by atoms with Crippen LogP contribution in [0.25, 0.3) is 10.9 Å². The number of halogens is 1. The molecule has 0 spiro atoms. The molecule has 0 aliphatic rings. The smallest absolute Gasteiger partial charge is 0.0954 e. The van der Waals surface area contributed by atoms with Crippen LogP contribution in [0.15, 0.2) is 46.4 Å². The van der Waals surface area contributed by atoms with E-state index in [2.05, 4.69) is 43.7 Å². The number of anilines is 2. The summed E-state index contributed by atoms with van der Waals surface area (Å²) in [6.45, 7) is 0.800. The molecule has 3 nitrogen and oxygen atoms in total. The van der Waals surface area contributed by atoms with Crippen LogP contribution in [0.1, 0.15) is 4.88 Å². The molecule has 3 N–H and O–H groups in total. The van der Waals surface area contributed by atoms with E-state index in [0.717, 1.165) is 33.3 Å². The van der Waals surface area contributed by atoms with E-state index in [9.17, 15) is 0 Å². The van der Waals surface area contributed by atoms with Crippen molar-refractivity contribution in [2.75, 3.05) is 11.1 Å². The Balaban J connectivity index is 1.97. The van der Waals surface area contributed by atoms with Gasteiger partial charge in [0, 0.05) is 33.2 Å². The average molecular weight is 334 g/mol. The predicted octanol–water partition coefficient (Wildman–Crippen LogP) is 4.25. The maximum absolute atomic E-state index is 6.00. The lowest BCUT2D eigenvalue weighted by molar-refractivity contribution is 1.19. The number of benzene rings is 1. The van der Waals surface area contributed by atoms with Gasteiger partial charge in [-0.15, -0.1) is 11.3 Å². The molecular formula is C14H12BrN3S. The first-order valence-electron chi connectivity index (χ1n) is 5.84. The van der Waals surface area contributed by atoms with E-state index in [-0.39, 0.29) is 0 Å². The van der Waals surface area contributed by atoms with Crippen LogP contribution in [0.5, 0.6) is 0 Å². The van der Waals surface area contributed by atoms with Crippen LogP contribution in [0, 0.1) is 0 Å². The average Bonchev–Trinajstić information content (AvgIpc) is 2.92. The highest BCUT2D eigenvalue weighted by molar-refractivity contribution is 9.10. The lowest BCUT2D eigenvalue weighted by Gasteiger charge is -2.10. The molecule has 2 heterocycles. The molecule has 5 heteroatoms. The number of rotatable bonds is 3. The predicted molar refractivity (Wildman–Crippen MR) is 85.5 cm³/mol. The van der Waals surface area contributed by atoms with E-state index in [1.54, 1.807) is 17.5 Å². The molecule has 0 aliphatic carbocycles. The zero-order chi connectivity index (χ0) is 13.2. The maximum atomic E-state index is 6.00. The second kappa shape index (κ2) is 5.19. The maximum Gasteiger partial charge on any atom is 0.0954 e. The molecular weight excluding hydrogens is 322 g/mol. The first-order valence-corrected chi connectivity index (χ1v) is 7.51. The fourth-order valence-electron chi connectivity index (χ4n) is 1.95. The summed E-state index contributed by atoms with van der Waals surface area (Å²) in [7, 11) is 0. The standard InChI is InChI=1S/C14H12BrN3S/c15-9-6-11-12(16)3-4-13(14(11)18-7-9)17-8-10-2-1-5-19-10/h1-7,17H,8,16H2. The summed E-state index contributed by atoms with van der Waals surface area (Å²) in [5.41, 5.74) is 8.65. The fourth-order valence-corrected chi connectivity index (χ4v) is 2.93. The minimum Gasteiger partial charge on any atom is -0.398 e. The minimum atomic E-state index is 0.741. The lowest BCUT2D eigenvalue weighted by atomic mass is 10.1. The van der Waals surface area contributed by atoms with Crippen molar-refractivity contribution in [1.29, 1.82) is 0 Å². The summed E-state index contributed by atoms with van der Waals surface area (Å²) >= 11 is 5.16. The molecule has 3 rings (SSSR count). The zero-order valence-electron chi connectivity index (χ0n) is 10.1. The number of nitrogens with zero attached hydrogens (tertiary/aromatic N) is 1. The van der Waals surface area contributed by atoms with Gasteiger partial charge in [0.05, 0.1) is 11.2 Å². The van der Waals surface area contributed by atoms with Crippen molar-refractivity contribution in [2.24, 2.45) is 0 Å². The highest BCUT2D eigenvalue weighted by atomic mass is 79.9. The van der Waals surface area contributed by atoms with E-state index in [1.807, 2.05) is 18.2 Å². The number of fused-ring (bicyclic) bond motifs is 1. The van der Waals surface area contributed by atoms with Crippen molar-refractivity contribution in [1.82, 2.24) is 4.98 Å². The number of thiophene rings is 1. The number of hydrogen-bond acceptors (Lipinski definition) is 4. The minimum absolute atomic E-state index is 0.741. The van der Waals surface area contributed by atoms with Gasteiger partial charge in [0.2, 0.25) is 0 Å². The zero-order valence-corrected chi connectivity index (χ0v) is 12.5. The van der Waals surface area contributed by atoms with Gasteiger partial charge in [-0.3, -0.25) is 4.98 Å². The summed E-state index contributed by atoms with van der Waals surface area (Å²) in [4.78, 5) is 5.75. The molecule has 0 aliphatic heterocycles. The van der Waals surface area contributed by atoms with E-state index < -0.39 is 0 Å². The van der Waals surface area contributed by atoms with E-state index in [4.69, 9.17) is 5.73 Å². The van der Waals surface area contributed by atoms with Gasteiger partial charge in [0.15, 0.2) is 0 Å². The molecule has 0 bridgehead atoms. The van der Waals surface area contributed by atoms with E-state index in [0.29, 0.717) is 0 Å². The topological polar surface area (TPSA) is 50.9 Å². The third-order valence-corrected chi connectivity index (χ3v) is 4.19. The number of nitrogens with two attached hydrogens (primary N) is 1. The second-order valence-corrected chi connectivity index (χ2v) is 6.13. The van der Waals surface area contributed by atoms with E-state index in [1.165, 1.54) is 4.88 Å². The third kappa shape index (κ3) is 2.57. The number of aromatic nitrogens is 1. The molecule has 0 unspecified atom stereocenters. The van der Waals surface area contributed by atoms with Crippen LogP contribution in [0.3, 0.4) is 0 Å². The SMILES string of the molecule is Nc1ccc(NCc2cccs2)c2ncc(Br)cc12. The molecule has 0 amide bonds. The van der Waals surface area contributed by atoms with Crippen LogP contribution >= 0.6 is 27.3 Å². The quantitative estimate of drug-likeness (QED) is 0.704. The lowest BCUT2D eigenvalue weighted by Crippen LogP contribution is -2.00. The summed E-state index contributed by atoms with van der Waals surface area (Å²) in [6.07, 6.45) is 1.79. The largest absolute Gasteiger partial charge is 0.398 e. The van der Waals surface area contributed by atoms with Gasteiger partial charge >= 0.3 is 0 Å². The van der Waals surface area contributed by atoms with Crippen molar-refractivity contribution < 1.29 is 0 Å². The molecule has 0 radical (unpaired) electrons. The number of pyridine rings is 1. The van der Waals surface area contributed by atoms with Gasteiger partial charge in [0.25, 0.3) is 0 Å². The molecule has 2 aromatic heterocycles. The molecule has 0 fully saturated rings. The van der Waals surface area contributed by atoms with Gasteiger partial charge in [-0.05, 0) is 45.6 Å². The monoisotopic (exact) mass is 333 g/mol. The van der Waals surface area contributed by atoms with Gasteiger partial charge < -0.3 is 11.1 Å². The summed E-state index contributed by atoms with van der Waals surface area (Å²) < 4.78 is 0.933. The highest BCUT2D eigenvalue weighted by Crippen LogP contribution is 2.29. The van der Waals surface area contributed by atoms with Gasteiger partial charge in [-0.1, -0.05) is 6.07 Å². The molecule has 0 atom stereocenters. The van der Waals surface area contributed by atoms with Crippen LogP contribution in [-0.4, -0.2) is 4.98 Å². The van der Waals surface area contributed by atoms with Crippen LogP contribution in [-0.2, 0) is 6.54 Å². The first kappa shape index (κ1) is 12.4.